The lowest BCUT2D eigenvalue weighted by atomic mass is 10.1. The first-order valence-corrected chi connectivity index (χ1v) is 16.8. The summed E-state index contributed by atoms with van der Waals surface area (Å²) < 4.78 is 19.9. The fourth-order valence-electron chi connectivity index (χ4n) is 5.99. The molecule has 3 amide bonds. The number of amides is 3. The number of piperazine rings is 1. The van der Waals surface area contributed by atoms with Crippen molar-refractivity contribution in [2.75, 3.05) is 55.3 Å². The molecule has 3 aromatic carbocycles. The number of rotatable bonds is 13. The van der Waals surface area contributed by atoms with Crippen LogP contribution in [0.5, 0.6) is 5.75 Å². The van der Waals surface area contributed by atoms with Crippen LogP contribution in [-0.4, -0.2) is 82.9 Å². The van der Waals surface area contributed by atoms with Crippen LogP contribution in [0.25, 0.3) is 10.9 Å². The number of nitrogens with one attached hydrogen (secondary N) is 4. The SMILES string of the molecule is C=CC(=O)Nc1cc2c(Nc3ccc(F)c(Cl)c3)ncnc2cc1OCCCN1CCN(Cc2cccc(NC3CCC(=O)NC3=O)c2)CC1. The van der Waals surface area contributed by atoms with Gasteiger partial charge in [0.25, 0.3) is 0 Å². The summed E-state index contributed by atoms with van der Waals surface area (Å²) in [6, 6.07) is 15.4. The molecule has 4 aromatic rings. The number of hydrogen-bond acceptors (Lipinski definition) is 10. The molecule has 2 aliphatic heterocycles. The smallest absolute Gasteiger partial charge is 0.249 e. The average Bonchev–Trinajstić information content (AvgIpc) is 3.11. The lowest BCUT2D eigenvalue weighted by molar-refractivity contribution is -0.133. The maximum atomic E-state index is 13.7. The molecule has 3 heterocycles. The van der Waals surface area contributed by atoms with Gasteiger partial charge in [0.05, 0.1) is 22.8 Å². The number of carbonyl (C=O) groups is 3. The zero-order chi connectivity index (χ0) is 35.0. The number of carbonyl (C=O) groups excluding carboxylic acids is 3. The predicted octanol–water partition coefficient (Wildman–Crippen LogP) is 5.09. The molecule has 14 heteroatoms. The van der Waals surface area contributed by atoms with Crippen molar-refractivity contribution >= 4 is 63.1 Å². The molecule has 2 fully saturated rings. The highest BCUT2D eigenvalue weighted by Gasteiger charge is 2.26. The molecule has 1 unspecified atom stereocenters. The van der Waals surface area contributed by atoms with Crippen molar-refractivity contribution in [1.82, 2.24) is 25.1 Å². The van der Waals surface area contributed by atoms with Crippen molar-refractivity contribution < 1.29 is 23.5 Å². The number of ether oxygens (including phenoxy) is 1. The fourth-order valence-corrected chi connectivity index (χ4v) is 6.17. The van der Waals surface area contributed by atoms with Crippen LogP contribution in [0.4, 0.5) is 27.3 Å². The highest BCUT2D eigenvalue weighted by Crippen LogP contribution is 2.34. The summed E-state index contributed by atoms with van der Waals surface area (Å²) in [6.07, 6.45) is 4.20. The second-order valence-corrected chi connectivity index (χ2v) is 12.6. The second-order valence-electron chi connectivity index (χ2n) is 12.2. The molecule has 2 aliphatic rings. The van der Waals surface area contributed by atoms with Gasteiger partial charge in [-0.1, -0.05) is 30.3 Å². The summed E-state index contributed by atoms with van der Waals surface area (Å²) >= 11 is 5.96. The molecule has 0 aliphatic carbocycles. The molecule has 0 saturated carbocycles. The second kappa shape index (κ2) is 16.1. The van der Waals surface area contributed by atoms with Crippen LogP contribution < -0.4 is 26.0 Å². The summed E-state index contributed by atoms with van der Waals surface area (Å²) in [6.45, 7) is 9.36. The number of benzene rings is 3. The zero-order valence-electron chi connectivity index (χ0n) is 27.4. The van der Waals surface area contributed by atoms with E-state index in [1.54, 1.807) is 18.2 Å². The van der Waals surface area contributed by atoms with Gasteiger partial charge in [-0.05, 0) is 60.9 Å². The van der Waals surface area contributed by atoms with E-state index in [-0.39, 0.29) is 22.7 Å². The topological polar surface area (TPSA) is 141 Å². The van der Waals surface area contributed by atoms with Crippen molar-refractivity contribution in [3.8, 4) is 5.75 Å². The van der Waals surface area contributed by atoms with E-state index in [1.807, 2.05) is 12.1 Å². The Morgan fingerprint density at radius 3 is 2.66 bits per heavy atom. The average molecular weight is 701 g/mol. The Morgan fingerprint density at radius 1 is 1.06 bits per heavy atom. The summed E-state index contributed by atoms with van der Waals surface area (Å²) in [5.41, 5.74) is 3.61. The number of anilines is 4. The highest BCUT2D eigenvalue weighted by molar-refractivity contribution is 6.31. The molecule has 4 N–H and O–H groups in total. The summed E-state index contributed by atoms with van der Waals surface area (Å²) in [5.74, 6) is -0.490. The normalized spacial score (nSPS) is 16.9. The lowest BCUT2D eigenvalue weighted by Gasteiger charge is -2.34. The van der Waals surface area contributed by atoms with Gasteiger partial charge in [0, 0.05) is 68.5 Å². The molecule has 6 rings (SSSR count). The van der Waals surface area contributed by atoms with E-state index < -0.39 is 11.9 Å². The van der Waals surface area contributed by atoms with Crippen LogP contribution in [-0.2, 0) is 20.9 Å². The Labute approximate surface area is 294 Å². The van der Waals surface area contributed by atoms with Crippen LogP contribution in [0, 0.1) is 5.82 Å². The first-order valence-electron chi connectivity index (χ1n) is 16.4. The number of aromatic nitrogens is 2. The molecule has 1 aromatic heterocycles. The molecule has 0 spiro atoms. The highest BCUT2D eigenvalue weighted by atomic mass is 35.5. The molecular weight excluding hydrogens is 663 g/mol. The van der Waals surface area contributed by atoms with Crippen LogP contribution in [0.2, 0.25) is 5.02 Å². The third-order valence-corrected chi connectivity index (χ3v) is 8.91. The van der Waals surface area contributed by atoms with Crippen molar-refractivity contribution in [3.05, 3.63) is 90.0 Å². The molecule has 2 saturated heterocycles. The van der Waals surface area contributed by atoms with Gasteiger partial charge in [0.2, 0.25) is 17.7 Å². The Kier molecular flexibility index (Phi) is 11.2. The minimum atomic E-state index is -0.524. The van der Waals surface area contributed by atoms with Crippen molar-refractivity contribution in [2.45, 2.75) is 31.8 Å². The quantitative estimate of drug-likeness (QED) is 0.0847. The van der Waals surface area contributed by atoms with Gasteiger partial charge in [-0.2, -0.15) is 0 Å². The number of imide groups is 1. The summed E-state index contributed by atoms with van der Waals surface area (Å²) in [5, 5.41) is 12.2. The molecule has 260 valence electrons. The van der Waals surface area contributed by atoms with E-state index >= 15 is 0 Å². The van der Waals surface area contributed by atoms with E-state index in [2.05, 4.69) is 59.7 Å². The molecule has 50 heavy (non-hydrogen) atoms. The van der Waals surface area contributed by atoms with E-state index in [1.165, 1.54) is 24.5 Å². The van der Waals surface area contributed by atoms with Gasteiger partial charge in [0.1, 0.15) is 29.8 Å². The largest absolute Gasteiger partial charge is 0.491 e. The van der Waals surface area contributed by atoms with Crippen LogP contribution in [0.3, 0.4) is 0 Å². The van der Waals surface area contributed by atoms with Gasteiger partial charge in [-0.25, -0.2) is 14.4 Å². The summed E-state index contributed by atoms with van der Waals surface area (Å²) in [4.78, 5) is 49.5. The minimum absolute atomic E-state index is 0.0197. The van der Waals surface area contributed by atoms with Crippen LogP contribution in [0.1, 0.15) is 24.8 Å². The molecule has 0 bridgehead atoms. The number of nitrogens with zero attached hydrogens (tertiary/aromatic N) is 4. The molecular formula is C36H38ClFN8O4. The number of fused-ring (bicyclic) bond motifs is 1. The van der Waals surface area contributed by atoms with Gasteiger partial charge in [-0.15, -0.1) is 0 Å². The third kappa shape index (κ3) is 8.91. The van der Waals surface area contributed by atoms with Crippen LogP contribution >= 0.6 is 11.6 Å². The number of hydrogen-bond donors (Lipinski definition) is 4. The van der Waals surface area contributed by atoms with Gasteiger partial charge < -0.3 is 25.6 Å². The summed E-state index contributed by atoms with van der Waals surface area (Å²) in [7, 11) is 0. The first-order chi connectivity index (χ1) is 24.2. The van der Waals surface area contributed by atoms with E-state index in [0.717, 1.165) is 56.9 Å². The lowest BCUT2D eigenvalue weighted by Crippen LogP contribution is -2.47. The predicted molar refractivity (Wildman–Crippen MR) is 191 cm³/mol. The fraction of sp³-hybridized carbons (Fsp3) is 0.306. The third-order valence-electron chi connectivity index (χ3n) is 8.62. The first kappa shape index (κ1) is 34.7. The molecule has 12 nitrogen and oxygen atoms in total. The minimum Gasteiger partial charge on any atom is -0.491 e. The monoisotopic (exact) mass is 700 g/mol. The number of halogens is 2. The Bertz CT molecular complexity index is 1900. The van der Waals surface area contributed by atoms with Gasteiger partial charge in [-0.3, -0.25) is 24.6 Å². The zero-order valence-corrected chi connectivity index (χ0v) is 28.1. The number of piperidine rings is 1. The van der Waals surface area contributed by atoms with Gasteiger partial charge in [0.15, 0.2) is 0 Å². The standard InChI is InChI=1S/C36H38ClFN8O4/c1-2-33(47)43-31-19-26-30(39-22-40-35(26)42-25-7-8-28(38)27(37)18-25)20-32(31)50-16-4-11-45-12-14-46(15-13-45)21-23-5-3-6-24(17-23)41-29-9-10-34(48)44-36(29)49/h2-3,5-8,17-20,22,29,41H,1,4,9-16,21H2,(H,43,47)(H,39,40,42)(H,44,48,49). The molecule has 0 radical (unpaired) electrons. The van der Waals surface area contributed by atoms with Crippen LogP contribution in [0.15, 0.2) is 73.6 Å². The Balaban J connectivity index is 1.01. The maximum absolute atomic E-state index is 13.7. The Morgan fingerprint density at radius 2 is 1.88 bits per heavy atom. The Hall–Kier alpha value is -5.11. The van der Waals surface area contributed by atoms with E-state index in [4.69, 9.17) is 16.3 Å². The molecule has 1 atom stereocenters. The van der Waals surface area contributed by atoms with E-state index in [9.17, 15) is 18.8 Å². The van der Waals surface area contributed by atoms with Crippen molar-refractivity contribution in [3.63, 3.8) is 0 Å². The van der Waals surface area contributed by atoms with Crippen molar-refractivity contribution in [2.24, 2.45) is 0 Å². The maximum Gasteiger partial charge on any atom is 0.249 e. The van der Waals surface area contributed by atoms with E-state index in [0.29, 0.717) is 53.3 Å². The van der Waals surface area contributed by atoms with Gasteiger partial charge >= 0.3 is 0 Å². The van der Waals surface area contributed by atoms with Crippen molar-refractivity contribution in [1.29, 1.82) is 0 Å².